The minimum atomic E-state index is -0.361. The lowest BCUT2D eigenvalue weighted by Gasteiger charge is -2.44. The van der Waals surface area contributed by atoms with Gasteiger partial charge in [-0.3, -0.25) is 4.79 Å². The van der Waals surface area contributed by atoms with E-state index in [1.807, 2.05) is 4.90 Å². The van der Waals surface area contributed by atoms with Crippen LogP contribution in [0.1, 0.15) is 60.9 Å². The van der Waals surface area contributed by atoms with E-state index >= 15 is 0 Å². The van der Waals surface area contributed by atoms with E-state index in [0.29, 0.717) is 11.0 Å². The van der Waals surface area contributed by atoms with Gasteiger partial charge in [0.2, 0.25) is 0 Å². The summed E-state index contributed by atoms with van der Waals surface area (Å²) in [6, 6.07) is 5.08. The smallest absolute Gasteiger partial charge is 0.256 e. The molecule has 114 valence electrons. The first-order valence-corrected chi connectivity index (χ1v) is 8.16. The van der Waals surface area contributed by atoms with Crippen LogP contribution in [0.5, 0.6) is 0 Å². The quantitative estimate of drug-likeness (QED) is 0.754. The number of carbonyl (C=O) groups excluding carboxylic acids is 1. The molecule has 1 heterocycles. The molecule has 0 radical (unpaired) electrons. The summed E-state index contributed by atoms with van der Waals surface area (Å²) < 4.78 is 14.1. The van der Waals surface area contributed by atoms with Gasteiger partial charge >= 0.3 is 0 Å². The first-order chi connectivity index (χ1) is 10.1. The van der Waals surface area contributed by atoms with Gasteiger partial charge in [0.15, 0.2) is 0 Å². The first-order valence-electron chi connectivity index (χ1n) is 8.16. The SMILES string of the molecule is Cc1cccc(C(=O)N2CCC3(CCCCC3)CC2)c1F. The maximum absolute atomic E-state index is 14.1. The van der Waals surface area contributed by atoms with Gasteiger partial charge in [-0.2, -0.15) is 0 Å². The van der Waals surface area contributed by atoms with Crippen molar-refractivity contribution >= 4 is 5.91 Å². The molecule has 0 atom stereocenters. The number of piperidine rings is 1. The first kappa shape index (κ1) is 14.6. The zero-order chi connectivity index (χ0) is 14.9. The Hall–Kier alpha value is -1.38. The molecule has 1 aromatic rings. The van der Waals surface area contributed by atoms with Gasteiger partial charge in [0, 0.05) is 13.1 Å². The Kier molecular flexibility index (Phi) is 4.01. The van der Waals surface area contributed by atoms with E-state index in [2.05, 4.69) is 0 Å². The third-order valence-electron chi connectivity index (χ3n) is 5.45. The second-order valence-corrected chi connectivity index (χ2v) is 6.79. The number of likely N-dealkylation sites (tertiary alicyclic amines) is 1. The lowest BCUT2D eigenvalue weighted by atomic mass is 9.68. The van der Waals surface area contributed by atoms with Gasteiger partial charge < -0.3 is 4.90 Å². The average Bonchev–Trinajstić information content (AvgIpc) is 2.51. The summed E-state index contributed by atoms with van der Waals surface area (Å²) in [7, 11) is 0. The molecule has 3 heteroatoms. The fraction of sp³-hybridized carbons (Fsp3) is 0.611. The second-order valence-electron chi connectivity index (χ2n) is 6.79. The van der Waals surface area contributed by atoms with Crippen LogP contribution in [0.25, 0.3) is 0 Å². The Morgan fingerprint density at radius 2 is 1.76 bits per heavy atom. The average molecular weight is 289 g/mol. The zero-order valence-corrected chi connectivity index (χ0v) is 12.8. The topological polar surface area (TPSA) is 20.3 Å². The molecular weight excluding hydrogens is 265 g/mol. The summed E-state index contributed by atoms with van der Waals surface area (Å²) >= 11 is 0. The van der Waals surface area contributed by atoms with Crippen molar-refractivity contribution in [2.75, 3.05) is 13.1 Å². The van der Waals surface area contributed by atoms with Crippen molar-refractivity contribution in [3.05, 3.63) is 35.1 Å². The lowest BCUT2D eigenvalue weighted by Crippen LogP contribution is -2.44. The van der Waals surface area contributed by atoms with Crippen molar-refractivity contribution < 1.29 is 9.18 Å². The molecule has 1 spiro atoms. The van der Waals surface area contributed by atoms with Crippen molar-refractivity contribution in [3.63, 3.8) is 0 Å². The normalized spacial score (nSPS) is 21.5. The van der Waals surface area contributed by atoms with Crippen LogP contribution in [-0.4, -0.2) is 23.9 Å². The summed E-state index contributed by atoms with van der Waals surface area (Å²) in [6.45, 7) is 3.28. The highest BCUT2D eigenvalue weighted by Crippen LogP contribution is 2.44. The Labute approximate surface area is 126 Å². The summed E-state index contributed by atoms with van der Waals surface area (Å²) in [5.41, 5.74) is 1.25. The summed E-state index contributed by atoms with van der Waals surface area (Å²) in [5.74, 6) is -0.498. The van der Waals surface area contributed by atoms with E-state index in [9.17, 15) is 9.18 Å². The molecule has 0 unspecified atom stereocenters. The van der Waals surface area contributed by atoms with E-state index in [-0.39, 0.29) is 17.3 Å². The summed E-state index contributed by atoms with van der Waals surface area (Å²) in [6.07, 6.45) is 8.83. The second kappa shape index (κ2) is 5.78. The van der Waals surface area contributed by atoms with E-state index < -0.39 is 0 Å². The fourth-order valence-corrected chi connectivity index (χ4v) is 3.97. The fourth-order valence-electron chi connectivity index (χ4n) is 3.97. The minimum Gasteiger partial charge on any atom is -0.339 e. The van der Waals surface area contributed by atoms with E-state index in [4.69, 9.17) is 0 Å². The molecule has 1 amide bonds. The Bertz CT molecular complexity index is 524. The molecule has 2 fully saturated rings. The van der Waals surface area contributed by atoms with Crippen LogP contribution in [0.2, 0.25) is 0 Å². The molecule has 0 bridgehead atoms. The third-order valence-corrected chi connectivity index (χ3v) is 5.45. The highest BCUT2D eigenvalue weighted by molar-refractivity contribution is 5.94. The molecule has 1 aliphatic heterocycles. The van der Waals surface area contributed by atoms with E-state index in [1.54, 1.807) is 25.1 Å². The molecule has 0 N–H and O–H groups in total. The molecular formula is C18H24FNO. The van der Waals surface area contributed by atoms with Crippen LogP contribution in [0, 0.1) is 18.2 Å². The molecule has 1 aromatic carbocycles. The highest BCUT2D eigenvalue weighted by Gasteiger charge is 2.37. The highest BCUT2D eigenvalue weighted by atomic mass is 19.1. The van der Waals surface area contributed by atoms with Gasteiger partial charge in [0.25, 0.3) is 5.91 Å². The van der Waals surface area contributed by atoms with Crippen LogP contribution in [-0.2, 0) is 0 Å². The Morgan fingerprint density at radius 1 is 1.10 bits per heavy atom. The number of carbonyl (C=O) groups is 1. The third kappa shape index (κ3) is 2.83. The summed E-state index contributed by atoms with van der Waals surface area (Å²) in [4.78, 5) is 14.4. The number of aryl methyl sites for hydroxylation is 1. The van der Waals surface area contributed by atoms with Crippen LogP contribution in [0.3, 0.4) is 0 Å². The largest absolute Gasteiger partial charge is 0.339 e. The van der Waals surface area contributed by atoms with Crippen molar-refractivity contribution in [2.45, 2.75) is 51.9 Å². The molecule has 2 nitrogen and oxygen atoms in total. The van der Waals surface area contributed by atoms with Crippen LogP contribution in [0.15, 0.2) is 18.2 Å². The predicted molar refractivity (Wildman–Crippen MR) is 81.8 cm³/mol. The molecule has 2 aliphatic rings. The van der Waals surface area contributed by atoms with E-state index in [1.165, 1.54) is 32.1 Å². The maximum atomic E-state index is 14.1. The van der Waals surface area contributed by atoms with Crippen molar-refractivity contribution in [2.24, 2.45) is 5.41 Å². The van der Waals surface area contributed by atoms with Gasteiger partial charge in [-0.1, -0.05) is 31.4 Å². The number of hydrogen-bond acceptors (Lipinski definition) is 1. The van der Waals surface area contributed by atoms with Gasteiger partial charge in [-0.25, -0.2) is 4.39 Å². The number of amides is 1. The van der Waals surface area contributed by atoms with Crippen LogP contribution >= 0.6 is 0 Å². The molecule has 1 saturated carbocycles. The van der Waals surface area contributed by atoms with Gasteiger partial charge in [-0.15, -0.1) is 0 Å². The summed E-state index contributed by atoms with van der Waals surface area (Å²) in [5, 5.41) is 0. The molecule has 1 aliphatic carbocycles. The number of rotatable bonds is 1. The van der Waals surface area contributed by atoms with Gasteiger partial charge in [0.1, 0.15) is 5.82 Å². The number of benzene rings is 1. The van der Waals surface area contributed by atoms with Gasteiger partial charge in [0.05, 0.1) is 5.56 Å². The predicted octanol–water partition coefficient (Wildman–Crippen LogP) is 4.32. The van der Waals surface area contributed by atoms with Crippen molar-refractivity contribution in [1.29, 1.82) is 0 Å². The molecule has 3 rings (SSSR count). The van der Waals surface area contributed by atoms with Gasteiger partial charge in [-0.05, 0) is 49.7 Å². The van der Waals surface area contributed by atoms with E-state index in [0.717, 1.165) is 25.9 Å². The number of hydrogen-bond donors (Lipinski definition) is 0. The van der Waals surface area contributed by atoms with Crippen molar-refractivity contribution in [1.82, 2.24) is 4.90 Å². The molecule has 0 aromatic heterocycles. The Balaban J connectivity index is 1.69. The van der Waals surface area contributed by atoms with Crippen molar-refractivity contribution in [3.8, 4) is 0 Å². The van der Waals surface area contributed by atoms with Crippen LogP contribution < -0.4 is 0 Å². The maximum Gasteiger partial charge on any atom is 0.256 e. The molecule has 21 heavy (non-hydrogen) atoms. The minimum absolute atomic E-state index is 0.137. The number of halogens is 1. The Morgan fingerprint density at radius 3 is 2.43 bits per heavy atom. The lowest BCUT2D eigenvalue weighted by molar-refractivity contribution is 0.0468. The number of nitrogens with zero attached hydrogens (tertiary/aromatic N) is 1. The zero-order valence-electron chi connectivity index (χ0n) is 12.8. The monoisotopic (exact) mass is 289 g/mol. The standard InChI is InChI=1S/C18H24FNO/c1-14-6-5-7-15(16(14)19)17(21)20-12-10-18(11-13-20)8-3-2-4-9-18/h5-7H,2-4,8-13H2,1H3. The molecule has 1 saturated heterocycles. The van der Waals surface area contributed by atoms with Crippen LogP contribution in [0.4, 0.5) is 4.39 Å².